The number of rotatable bonds is 6. The van der Waals surface area contributed by atoms with Crippen molar-refractivity contribution in [2.75, 3.05) is 13.6 Å². The number of amides is 1. The van der Waals surface area contributed by atoms with Crippen molar-refractivity contribution < 1.29 is 4.79 Å². The highest BCUT2D eigenvalue weighted by Crippen LogP contribution is 2.15. The molecule has 0 aliphatic heterocycles. The van der Waals surface area contributed by atoms with Crippen LogP contribution in [0.2, 0.25) is 0 Å². The van der Waals surface area contributed by atoms with Crippen LogP contribution in [0.15, 0.2) is 5.38 Å². The van der Waals surface area contributed by atoms with Crippen LogP contribution in [0.1, 0.15) is 42.2 Å². The van der Waals surface area contributed by atoms with E-state index >= 15 is 0 Å². The molecule has 96 valence electrons. The molecule has 0 aliphatic rings. The zero-order chi connectivity index (χ0) is 12.8. The molecule has 0 unspecified atom stereocenters. The lowest BCUT2D eigenvalue weighted by Gasteiger charge is -2.25. The van der Waals surface area contributed by atoms with Crippen LogP contribution in [0.25, 0.3) is 0 Å². The summed E-state index contributed by atoms with van der Waals surface area (Å²) in [6.07, 6.45) is 2.68. The Labute approximate surface area is 107 Å². The lowest BCUT2D eigenvalue weighted by molar-refractivity contribution is 0.0718. The molecule has 0 spiro atoms. The summed E-state index contributed by atoms with van der Waals surface area (Å²) in [6, 6.07) is 0.294. The molecular weight excluding hydrogens is 234 g/mol. The molecule has 17 heavy (non-hydrogen) atoms. The van der Waals surface area contributed by atoms with Gasteiger partial charge in [-0.2, -0.15) is 0 Å². The molecular formula is C12H21N3OS. The lowest BCUT2D eigenvalue weighted by atomic mass is 10.1. The largest absolute Gasteiger partial charge is 0.337 e. The summed E-state index contributed by atoms with van der Waals surface area (Å²) >= 11 is 1.51. The molecule has 1 aromatic rings. The smallest absolute Gasteiger partial charge is 0.273 e. The summed E-state index contributed by atoms with van der Waals surface area (Å²) in [4.78, 5) is 18.3. The van der Waals surface area contributed by atoms with E-state index in [1.165, 1.54) is 11.3 Å². The zero-order valence-electron chi connectivity index (χ0n) is 10.8. The minimum atomic E-state index is 0.0122. The molecule has 0 aromatic carbocycles. The maximum Gasteiger partial charge on any atom is 0.273 e. The Hall–Kier alpha value is -0.940. The van der Waals surface area contributed by atoms with E-state index in [-0.39, 0.29) is 5.91 Å². The number of hydrogen-bond donors (Lipinski definition) is 1. The van der Waals surface area contributed by atoms with E-state index < -0.39 is 0 Å². The predicted octanol–water partition coefficient (Wildman–Crippen LogP) is 1.90. The zero-order valence-corrected chi connectivity index (χ0v) is 11.6. The number of nitrogens with two attached hydrogens (primary N) is 1. The summed E-state index contributed by atoms with van der Waals surface area (Å²) in [5.74, 6) is 0.0122. The molecule has 0 saturated heterocycles. The van der Waals surface area contributed by atoms with Crippen LogP contribution in [-0.2, 0) is 6.42 Å². The van der Waals surface area contributed by atoms with Gasteiger partial charge in [-0.3, -0.25) is 4.79 Å². The van der Waals surface area contributed by atoms with Gasteiger partial charge in [0.25, 0.3) is 5.91 Å². The standard InChI is InChI=1S/C12H21N3OS/c1-4-9(5-2)15(3)12(16)10-8-17-11(14-10)6-7-13/h8-9H,4-7,13H2,1-3H3. The van der Waals surface area contributed by atoms with Crippen molar-refractivity contribution in [2.24, 2.45) is 5.73 Å². The van der Waals surface area contributed by atoms with E-state index in [9.17, 15) is 4.79 Å². The third kappa shape index (κ3) is 3.51. The van der Waals surface area contributed by atoms with Gasteiger partial charge in [0.05, 0.1) is 5.01 Å². The van der Waals surface area contributed by atoms with E-state index in [1.807, 2.05) is 12.4 Å². The highest BCUT2D eigenvalue weighted by Gasteiger charge is 2.20. The van der Waals surface area contributed by atoms with Gasteiger partial charge >= 0.3 is 0 Å². The number of carbonyl (C=O) groups excluding carboxylic acids is 1. The SMILES string of the molecule is CCC(CC)N(C)C(=O)c1csc(CCN)n1. The quantitative estimate of drug-likeness (QED) is 0.844. The topological polar surface area (TPSA) is 59.2 Å². The van der Waals surface area contributed by atoms with Crippen LogP contribution in [-0.4, -0.2) is 35.4 Å². The number of aromatic nitrogens is 1. The first-order valence-electron chi connectivity index (χ1n) is 6.05. The van der Waals surface area contributed by atoms with Gasteiger partial charge in [0.2, 0.25) is 0 Å². The fourth-order valence-electron chi connectivity index (χ4n) is 1.83. The fourth-order valence-corrected chi connectivity index (χ4v) is 2.62. The average molecular weight is 255 g/mol. The Morgan fingerprint density at radius 3 is 2.71 bits per heavy atom. The van der Waals surface area contributed by atoms with Gasteiger partial charge in [0, 0.05) is 24.9 Å². The molecule has 0 bridgehead atoms. The van der Waals surface area contributed by atoms with Crippen molar-refractivity contribution in [3.63, 3.8) is 0 Å². The first-order valence-corrected chi connectivity index (χ1v) is 6.93. The lowest BCUT2D eigenvalue weighted by Crippen LogP contribution is -2.36. The van der Waals surface area contributed by atoms with Gasteiger partial charge in [-0.1, -0.05) is 13.8 Å². The second-order valence-electron chi connectivity index (χ2n) is 4.05. The van der Waals surface area contributed by atoms with Crippen molar-refractivity contribution >= 4 is 17.2 Å². The van der Waals surface area contributed by atoms with Crippen molar-refractivity contribution in [1.82, 2.24) is 9.88 Å². The van der Waals surface area contributed by atoms with Crippen LogP contribution in [0, 0.1) is 0 Å². The van der Waals surface area contributed by atoms with Gasteiger partial charge < -0.3 is 10.6 Å². The molecule has 1 amide bonds. The van der Waals surface area contributed by atoms with Crippen LogP contribution in [0.3, 0.4) is 0 Å². The molecule has 2 N–H and O–H groups in total. The molecule has 0 fully saturated rings. The summed E-state index contributed by atoms with van der Waals surface area (Å²) in [5.41, 5.74) is 6.02. The minimum absolute atomic E-state index is 0.0122. The average Bonchev–Trinajstić information content (AvgIpc) is 2.78. The number of thiazole rings is 1. The first-order chi connectivity index (χ1) is 8.13. The summed E-state index contributed by atoms with van der Waals surface area (Å²) in [6.45, 7) is 4.77. The summed E-state index contributed by atoms with van der Waals surface area (Å²) < 4.78 is 0. The Morgan fingerprint density at radius 2 is 2.18 bits per heavy atom. The number of nitrogens with zero attached hydrogens (tertiary/aromatic N) is 2. The maximum atomic E-state index is 12.2. The summed E-state index contributed by atoms with van der Waals surface area (Å²) in [5, 5.41) is 2.76. The van der Waals surface area contributed by atoms with Gasteiger partial charge in [0.15, 0.2) is 0 Å². The Morgan fingerprint density at radius 1 is 1.53 bits per heavy atom. The molecule has 1 rings (SSSR count). The third-order valence-corrected chi connectivity index (χ3v) is 3.85. The highest BCUT2D eigenvalue weighted by atomic mass is 32.1. The van der Waals surface area contributed by atoms with E-state index in [0.717, 1.165) is 24.3 Å². The van der Waals surface area contributed by atoms with Crippen LogP contribution >= 0.6 is 11.3 Å². The highest BCUT2D eigenvalue weighted by molar-refractivity contribution is 7.09. The second-order valence-corrected chi connectivity index (χ2v) is 4.99. The number of hydrogen-bond acceptors (Lipinski definition) is 4. The first kappa shape index (κ1) is 14.1. The third-order valence-electron chi connectivity index (χ3n) is 2.94. The van der Waals surface area contributed by atoms with Crippen molar-refractivity contribution in [3.8, 4) is 0 Å². The van der Waals surface area contributed by atoms with Crippen LogP contribution < -0.4 is 5.73 Å². The van der Waals surface area contributed by atoms with Crippen LogP contribution in [0.5, 0.6) is 0 Å². The van der Waals surface area contributed by atoms with Crippen molar-refractivity contribution in [3.05, 3.63) is 16.1 Å². The maximum absolute atomic E-state index is 12.2. The molecule has 0 aliphatic carbocycles. The monoisotopic (exact) mass is 255 g/mol. The van der Waals surface area contributed by atoms with E-state index in [2.05, 4.69) is 18.8 Å². The molecule has 0 atom stereocenters. The van der Waals surface area contributed by atoms with Crippen molar-refractivity contribution in [1.29, 1.82) is 0 Å². The summed E-state index contributed by atoms with van der Waals surface area (Å²) in [7, 11) is 1.85. The van der Waals surface area contributed by atoms with Crippen molar-refractivity contribution in [2.45, 2.75) is 39.2 Å². The van der Waals surface area contributed by atoms with Gasteiger partial charge in [-0.05, 0) is 19.4 Å². The molecule has 0 radical (unpaired) electrons. The predicted molar refractivity (Wildman–Crippen MR) is 71.3 cm³/mol. The Bertz CT molecular complexity index is 360. The minimum Gasteiger partial charge on any atom is -0.337 e. The van der Waals surface area contributed by atoms with Gasteiger partial charge in [-0.15, -0.1) is 11.3 Å². The molecule has 5 heteroatoms. The molecule has 4 nitrogen and oxygen atoms in total. The van der Waals surface area contributed by atoms with Gasteiger partial charge in [0.1, 0.15) is 5.69 Å². The second kappa shape index (κ2) is 6.71. The molecule has 1 heterocycles. The fraction of sp³-hybridized carbons (Fsp3) is 0.667. The normalized spacial score (nSPS) is 10.9. The molecule has 0 saturated carbocycles. The Kier molecular flexibility index (Phi) is 5.58. The van der Waals surface area contributed by atoms with Crippen LogP contribution in [0.4, 0.5) is 0 Å². The van der Waals surface area contributed by atoms with E-state index in [4.69, 9.17) is 5.73 Å². The Balaban J connectivity index is 2.73. The van der Waals surface area contributed by atoms with E-state index in [0.29, 0.717) is 18.3 Å². The van der Waals surface area contributed by atoms with Gasteiger partial charge in [-0.25, -0.2) is 4.98 Å². The molecule has 1 aromatic heterocycles. The van der Waals surface area contributed by atoms with E-state index in [1.54, 1.807) is 4.90 Å². The number of carbonyl (C=O) groups is 1.